The molecule has 1 fully saturated rings. The predicted octanol–water partition coefficient (Wildman–Crippen LogP) is 3.45. The van der Waals surface area contributed by atoms with E-state index in [-0.39, 0.29) is 5.78 Å². The van der Waals surface area contributed by atoms with Crippen molar-refractivity contribution in [3.8, 4) is 11.5 Å². The maximum atomic E-state index is 11.4. The zero-order valence-electron chi connectivity index (χ0n) is 9.96. The largest absolute Gasteiger partial charge is 0.493 e. The van der Waals surface area contributed by atoms with Crippen LogP contribution in [0.25, 0.3) is 0 Å². The molecule has 1 saturated carbocycles. The minimum Gasteiger partial charge on any atom is -0.493 e. The normalized spacial score (nSPS) is 14.5. The van der Waals surface area contributed by atoms with Crippen molar-refractivity contribution >= 4 is 21.7 Å². The van der Waals surface area contributed by atoms with Gasteiger partial charge in [0.1, 0.15) is 0 Å². The van der Waals surface area contributed by atoms with Crippen molar-refractivity contribution in [2.45, 2.75) is 19.8 Å². The first kappa shape index (κ1) is 12.4. The summed E-state index contributed by atoms with van der Waals surface area (Å²) >= 11 is 3.38. The van der Waals surface area contributed by atoms with Gasteiger partial charge in [-0.3, -0.25) is 4.79 Å². The quantitative estimate of drug-likeness (QED) is 0.781. The molecule has 0 bridgehead atoms. The van der Waals surface area contributed by atoms with Gasteiger partial charge in [0.15, 0.2) is 17.3 Å². The first-order valence-corrected chi connectivity index (χ1v) is 6.42. The van der Waals surface area contributed by atoms with E-state index in [1.807, 2.05) is 0 Å². The molecule has 0 aliphatic heterocycles. The predicted molar refractivity (Wildman–Crippen MR) is 68.9 cm³/mol. The summed E-state index contributed by atoms with van der Waals surface area (Å²) in [7, 11) is 1.58. The van der Waals surface area contributed by atoms with Crippen molar-refractivity contribution in [2.75, 3.05) is 13.7 Å². The Morgan fingerprint density at radius 1 is 1.41 bits per heavy atom. The van der Waals surface area contributed by atoms with Gasteiger partial charge in [-0.2, -0.15) is 0 Å². The molecule has 1 aliphatic carbocycles. The van der Waals surface area contributed by atoms with Gasteiger partial charge in [-0.1, -0.05) is 0 Å². The van der Waals surface area contributed by atoms with Crippen LogP contribution in [0.15, 0.2) is 16.6 Å². The molecule has 0 radical (unpaired) electrons. The number of Topliss-reactive ketones (excluding diaryl/α,β-unsaturated/α-hetero) is 1. The minimum absolute atomic E-state index is 0.00363. The molecule has 2 rings (SSSR count). The fourth-order valence-electron chi connectivity index (χ4n) is 1.57. The molecular weight excluding hydrogens is 284 g/mol. The first-order valence-electron chi connectivity index (χ1n) is 5.63. The number of ketones is 1. The number of carbonyl (C=O) groups excluding carboxylic acids is 1. The van der Waals surface area contributed by atoms with E-state index in [1.54, 1.807) is 19.2 Å². The van der Waals surface area contributed by atoms with Crippen LogP contribution >= 0.6 is 15.9 Å². The molecule has 1 aromatic carbocycles. The summed E-state index contributed by atoms with van der Waals surface area (Å²) in [6, 6.07) is 3.52. The van der Waals surface area contributed by atoms with Gasteiger partial charge in [-0.05, 0) is 53.7 Å². The second kappa shape index (κ2) is 5.08. The summed E-state index contributed by atoms with van der Waals surface area (Å²) in [5, 5.41) is 0. The summed E-state index contributed by atoms with van der Waals surface area (Å²) in [6.07, 6.45) is 2.49. The highest BCUT2D eigenvalue weighted by molar-refractivity contribution is 9.10. The smallest absolute Gasteiger partial charge is 0.162 e. The molecule has 1 aliphatic rings. The molecule has 0 atom stereocenters. The number of hydrogen-bond acceptors (Lipinski definition) is 3. The number of methoxy groups -OCH3 is 1. The van der Waals surface area contributed by atoms with Crippen molar-refractivity contribution < 1.29 is 14.3 Å². The zero-order chi connectivity index (χ0) is 12.4. The molecule has 0 aromatic heterocycles. The third-order valence-electron chi connectivity index (χ3n) is 2.80. The third-order valence-corrected chi connectivity index (χ3v) is 3.46. The highest BCUT2D eigenvalue weighted by atomic mass is 79.9. The van der Waals surface area contributed by atoms with Crippen LogP contribution in [0.4, 0.5) is 0 Å². The molecule has 0 heterocycles. The average molecular weight is 299 g/mol. The van der Waals surface area contributed by atoms with E-state index in [9.17, 15) is 4.79 Å². The van der Waals surface area contributed by atoms with E-state index in [1.165, 1.54) is 19.8 Å². The van der Waals surface area contributed by atoms with Gasteiger partial charge < -0.3 is 9.47 Å². The van der Waals surface area contributed by atoms with Gasteiger partial charge in [0.25, 0.3) is 0 Å². The number of halogens is 1. The van der Waals surface area contributed by atoms with Crippen molar-refractivity contribution in [1.29, 1.82) is 0 Å². The maximum Gasteiger partial charge on any atom is 0.162 e. The zero-order valence-corrected chi connectivity index (χ0v) is 11.5. The van der Waals surface area contributed by atoms with E-state index < -0.39 is 0 Å². The van der Waals surface area contributed by atoms with Gasteiger partial charge in [-0.15, -0.1) is 0 Å². The van der Waals surface area contributed by atoms with Crippen LogP contribution in [-0.2, 0) is 0 Å². The SMILES string of the molecule is COc1cc(C(C)=O)c(Br)cc1OCC1CC1. The fraction of sp³-hybridized carbons (Fsp3) is 0.462. The molecule has 1 aromatic rings. The molecule has 17 heavy (non-hydrogen) atoms. The third kappa shape index (κ3) is 3.00. The second-order valence-corrected chi connectivity index (χ2v) is 5.15. The van der Waals surface area contributed by atoms with Crippen molar-refractivity contribution in [3.05, 3.63) is 22.2 Å². The lowest BCUT2D eigenvalue weighted by atomic mass is 10.1. The topological polar surface area (TPSA) is 35.5 Å². The van der Waals surface area contributed by atoms with Crippen molar-refractivity contribution in [3.63, 3.8) is 0 Å². The number of rotatable bonds is 5. The molecule has 92 valence electrons. The molecule has 3 nitrogen and oxygen atoms in total. The van der Waals surface area contributed by atoms with Crippen LogP contribution in [0.1, 0.15) is 30.1 Å². The maximum absolute atomic E-state index is 11.4. The second-order valence-electron chi connectivity index (χ2n) is 4.29. The molecule has 0 spiro atoms. The summed E-state index contributed by atoms with van der Waals surface area (Å²) in [5.41, 5.74) is 0.612. The van der Waals surface area contributed by atoms with E-state index in [0.29, 0.717) is 23.0 Å². The summed E-state index contributed by atoms with van der Waals surface area (Å²) in [6.45, 7) is 2.26. The minimum atomic E-state index is 0.00363. The Morgan fingerprint density at radius 3 is 2.65 bits per heavy atom. The van der Waals surface area contributed by atoms with Gasteiger partial charge >= 0.3 is 0 Å². The Kier molecular flexibility index (Phi) is 3.72. The van der Waals surface area contributed by atoms with Crippen LogP contribution < -0.4 is 9.47 Å². The Morgan fingerprint density at radius 2 is 2.12 bits per heavy atom. The standard InChI is InChI=1S/C13H15BrO3/c1-8(15)10-5-12(16-2)13(6-11(10)14)17-7-9-3-4-9/h5-6,9H,3-4,7H2,1-2H3. The van der Waals surface area contributed by atoms with Gasteiger partial charge in [0, 0.05) is 10.0 Å². The monoisotopic (exact) mass is 298 g/mol. The molecular formula is C13H15BrO3. The molecule has 0 amide bonds. The number of hydrogen-bond donors (Lipinski definition) is 0. The highest BCUT2D eigenvalue weighted by Gasteiger charge is 2.23. The van der Waals surface area contributed by atoms with Gasteiger partial charge in [-0.25, -0.2) is 0 Å². The van der Waals surface area contributed by atoms with E-state index in [2.05, 4.69) is 15.9 Å². The van der Waals surface area contributed by atoms with Crippen molar-refractivity contribution in [2.24, 2.45) is 5.92 Å². The summed E-state index contributed by atoms with van der Waals surface area (Å²) in [4.78, 5) is 11.4. The molecule has 0 saturated heterocycles. The number of carbonyl (C=O) groups is 1. The fourth-order valence-corrected chi connectivity index (χ4v) is 2.17. The van der Waals surface area contributed by atoms with E-state index >= 15 is 0 Å². The van der Waals surface area contributed by atoms with E-state index in [4.69, 9.17) is 9.47 Å². The van der Waals surface area contributed by atoms with E-state index in [0.717, 1.165) is 11.1 Å². The molecule has 0 N–H and O–H groups in total. The lowest BCUT2D eigenvalue weighted by molar-refractivity contribution is 0.101. The van der Waals surface area contributed by atoms with Gasteiger partial charge in [0.2, 0.25) is 0 Å². The van der Waals surface area contributed by atoms with Crippen LogP contribution in [-0.4, -0.2) is 19.5 Å². The molecule has 0 unspecified atom stereocenters. The Bertz CT molecular complexity index is 439. The Balaban J connectivity index is 2.23. The van der Waals surface area contributed by atoms with Crippen molar-refractivity contribution in [1.82, 2.24) is 0 Å². The summed E-state index contributed by atoms with van der Waals surface area (Å²) < 4.78 is 11.7. The average Bonchev–Trinajstić information content (AvgIpc) is 3.09. The Labute approximate surface area is 109 Å². The molecule has 4 heteroatoms. The summed E-state index contributed by atoms with van der Waals surface area (Å²) in [5.74, 6) is 1.99. The van der Waals surface area contributed by atoms with Gasteiger partial charge in [0.05, 0.1) is 13.7 Å². The lowest BCUT2D eigenvalue weighted by Gasteiger charge is -2.12. The first-order chi connectivity index (χ1) is 8.11. The lowest BCUT2D eigenvalue weighted by Crippen LogP contribution is -2.03. The number of ether oxygens (including phenoxy) is 2. The number of benzene rings is 1. The van der Waals surface area contributed by atoms with Crippen LogP contribution in [0, 0.1) is 5.92 Å². The van der Waals surface area contributed by atoms with Crippen LogP contribution in [0.5, 0.6) is 11.5 Å². The van der Waals surface area contributed by atoms with Crippen LogP contribution in [0.2, 0.25) is 0 Å². The Hall–Kier alpha value is -1.03. The highest BCUT2D eigenvalue weighted by Crippen LogP contribution is 2.36. The van der Waals surface area contributed by atoms with Crippen LogP contribution in [0.3, 0.4) is 0 Å².